The minimum Gasteiger partial charge on any atom is -0.486 e. The summed E-state index contributed by atoms with van der Waals surface area (Å²) in [7, 11) is 1.58. The highest BCUT2D eigenvalue weighted by Crippen LogP contribution is 2.41. The monoisotopic (exact) mass is 451 g/mol. The van der Waals surface area contributed by atoms with Crippen LogP contribution in [0.4, 0.5) is 5.69 Å². The van der Waals surface area contributed by atoms with Gasteiger partial charge in [0.05, 0.1) is 19.0 Å². The number of benzene rings is 2. The van der Waals surface area contributed by atoms with Crippen molar-refractivity contribution in [3.05, 3.63) is 71.9 Å². The van der Waals surface area contributed by atoms with Gasteiger partial charge in [-0.05, 0) is 54.8 Å². The average molecular weight is 452 g/mol. The lowest BCUT2D eigenvalue weighted by Crippen LogP contribution is -2.22. The van der Waals surface area contributed by atoms with Crippen molar-refractivity contribution < 1.29 is 23.2 Å². The highest BCUT2D eigenvalue weighted by atomic mass is 32.2. The lowest BCUT2D eigenvalue weighted by atomic mass is 10.1. The molecule has 1 fully saturated rings. The first-order valence-corrected chi connectivity index (χ1v) is 11.3. The van der Waals surface area contributed by atoms with Crippen LogP contribution in [0, 0.1) is 0 Å². The van der Waals surface area contributed by atoms with Crippen LogP contribution in [0.25, 0.3) is 0 Å². The Kier molecular flexibility index (Phi) is 5.40. The van der Waals surface area contributed by atoms with Crippen molar-refractivity contribution in [1.29, 1.82) is 0 Å². The smallest absolute Gasteiger partial charge is 0.253 e. The first-order chi connectivity index (χ1) is 15.6. The molecule has 1 N–H and O–H groups in total. The van der Waals surface area contributed by atoms with E-state index in [-0.39, 0.29) is 18.6 Å². The lowest BCUT2D eigenvalue weighted by Gasteiger charge is -2.17. The maximum atomic E-state index is 11.9. The standard InChI is InChI=1S/C23H21N3O5S/c1-29-23-12-9-17(13-24-23)31-20-4-2-3-18-19(20)10-11-21(18)30-16-7-5-15(6-8-16)26-14-22(27)25-32(26)28/h2-9,12-13,21H,10-11,14H2,1H3,(H,25,27). The third-order valence-corrected chi connectivity index (χ3v) is 6.55. The van der Waals surface area contributed by atoms with Gasteiger partial charge in [0.1, 0.15) is 29.9 Å². The molecule has 2 atom stereocenters. The summed E-state index contributed by atoms with van der Waals surface area (Å²) >= 11 is -1.54. The Morgan fingerprint density at radius 2 is 1.91 bits per heavy atom. The Bertz CT molecular complexity index is 1170. The van der Waals surface area contributed by atoms with Crippen LogP contribution in [-0.2, 0) is 22.4 Å². The Morgan fingerprint density at radius 1 is 1.09 bits per heavy atom. The molecular formula is C23H21N3O5S. The maximum absolute atomic E-state index is 11.9. The minimum atomic E-state index is -1.54. The van der Waals surface area contributed by atoms with Crippen LogP contribution < -0.4 is 23.2 Å². The summed E-state index contributed by atoms with van der Waals surface area (Å²) in [5.74, 6) is 2.43. The first-order valence-electron chi connectivity index (χ1n) is 10.2. The van der Waals surface area contributed by atoms with Gasteiger partial charge >= 0.3 is 0 Å². The van der Waals surface area contributed by atoms with Crippen LogP contribution in [-0.4, -0.2) is 28.8 Å². The quantitative estimate of drug-likeness (QED) is 0.617. The van der Waals surface area contributed by atoms with Crippen LogP contribution >= 0.6 is 0 Å². The molecule has 5 rings (SSSR count). The van der Waals surface area contributed by atoms with Gasteiger partial charge in [0.2, 0.25) is 17.1 Å². The maximum Gasteiger partial charge on any atom is 0.253 e. The third-order valence-electron chi connectivity index (χ3n) is 5.41. The summed E-state index contributed by atoms with van der Waals surface area (Å²) < 4.78 is 33.2. The Morgan fingerprint density at radius 3 is 2.59 bits per heavy atom. The van der Waals surface area contributed by atoms with Gasteiger partial charge < -0.3 is 14.2 Å². The van der Waals surface area contributed by atoms with Crippen molar-refractivity contribution in [1.82, 2.24) is 9.71 Å². The second-order valence-electron chi connectivity index (χ2n) is 7.41. The van der Waals surface area contributed by atoms with Gasteiger partial charge in [-0.25, -0.2) is 9.19 Å². The zero-order valence-corrected chi connectivity index (χ0v) is 18.1. The van der Waals surface area contributed by atoms with E-state index in [1.54, 1.807) is 31.5 Å². The normalized spacial score (nSPS) is 19.4. The number of amides is 1. The van der Waals surface area contributed by atoms with Crippen molar-refractivity contribution in [2.45, 2.75) is 18.9 Å². The van der Waals surface area contributed by atoms with Crippen LogP contribution in [0.15, 0.2) is 60.8 Å². The van der Waals surface area contributed by atoms with Crippen molar-refractivity contribution in [2.75, 3.05) is 18.0 Å². The molecule has 1 aliphatic heterocycles. The Labute approximate surface area is 187 Å². The lowest BCUT2D eigenvalue weighted by molar-refractivity contribution is -0.117. The number of rotatable bonds is 6. The molecule has 2 heterocycles. The molecule has 0 saturated carbocycles. The van der Waals surface area contributed by atoms with Gasteiger partial charge in [0.15, 0.2) is 0 Å². The summed E-state index contributed by atoms with van der Waals surface area (Å²) in [5.41, 5.74) is 2.93. The number of carbonyl (C=O) groups is 1. The van der Waals surface area contributed by atoms with Gasteiger partial charge in [-0.2, -0.15) is 0 Å². The van der Waals surface area contributed by atoms with Crippen LogP contribution in [0.5, 0.6) is 23.1 Å². The van der Waals surface area contributed by atoms with Crippen molar-refractivity contribution in [2.24, 2.45) is 0 Å². The number of aromatic nitrogens is 1. The van der Waals surface area contributed by atoms with E-state index in [4.69, 9.17) is 14.2 Å². The molecule has 32 heavy (non-hydrogen) atoms. The largest absolute Gasteiger partial charge is 0.486 e. The molecular weight excluding hydrogens is 430 g/mol. The molecule has 1 aromatic heterocycles. The number of anilines is 1. The number of nitrogens with one attached hydrogen (secondary N) is 1. The molecule has 0 radical (unpaired) electrons. The van der Waals surface area contributed by atoms with Crippen LogP contribution in [0.1, 0.15) is 23.7 Å². The van der Waals surface area contributed by atoms with E-state index < -0.39 is 11.2 Å². The van der Waals surface area contributed by atoms with Gasteiger partial charge in [0.25, 0.3) is 5.91 Å². The van der Waals surface area contributed by atoms with E-state index in [9.17, 15) is 9.00 Å². The van der Waals surface area contributed by atoms with Gasteiger partial charge in [-0.3, -0.25) is 13.8 Å². The zero-order chi connectivity index (χ0) is 22.1. The molecule has 2 aliphatic rings. The molecule has 1 saturated heterocycles. The van der Waals surface area contributed by atoms with E-state index in [0.717, 1.165) is 29.7 Å². The summed E-state index contributed by atoms with van der Waals surface area (Å²) in [6.07, 6.45) is 3.24. The zero-order valence-electron chi connectivity index (χ0n) is 17.3. The average Bonchev–Trinajstić information content (AvgIpc) is 3.38. The molecule has 0 bridgehead atoms. The molecule has 3 aromatic rings. The van der Waals surface area contributed by atoms with E-state index in [1.807, 2.05) is 30.3 Å². The number of hydrogen-bond acceptors (Lipinski definition) is 6. The molecule has 1 amide bonds. The summed E-state index contributed by atoms with van der Waals surface area (Å²) in [5, 5.41) is 0. The van der Waals surface area contributed by atoms with E-state index >= 15 is 0 Å². The molecule has 2 aromatic carbocycles. The molecule has 0 spiro atoms. The number of ether oxygens (including phenoxy) is 3. The topological polar surface area (TPSA) is 90.0 Å². The molecule has 164 valence electrons. The highest BCUT2D eigenvalue weighted by Gasteiger charge is 2.28. The van der Waals surface area contributed by atoms with Gasteiger partial charge in [-0.1, -0.05) is 12.1 Å². The Balaban J connectivity index is 1.30. The number of hydrogen-bond donors (Lipinski definition) is 1. The fourth-order valence-corrected chi connectivity index (χ4v) is 4.81. The summed E-state index contributed by atoms with van der Waals surface area (Å²) in [6.45, 7) is 0.0787. The van der Waals surface area contributed by atoms with Gasteiger partial charge in [0, 0.05) is 11.6 Å². The third kappa shape index (κ3) is 3.99. The van der Waals surface area contributed by atoms with Crippen molar-refractivity contribution in [3.63, 3.8) is 0 Å². The highest BCUT2D eigenvalue weighted by molar-refractivity contribution is 7.85. The number of pyridine rings is 1. The predicted octanol–water partition coefficient (Wildman–Crippen LogP) is 3.46. The van der Waals surface area contributed by atoms with E-state index in [2.05, 4.69) is 15.8 Å². The van der Waals surface area contributed by atoms with Gasteiger partial charge in [-0.15, -0.1) is 0 Å². The fraction of sp³-hybridized carbons (Fsp3) is 0.217. The van der Waals surface area contributed by atoms with Crippen molar-refractivity contribution in [3.8, 4) is 23.1 Å². The molecule has 1 aliphatic carbocycles. The second-order valence-corrected chi connectivity index (χ2v) is 8.56. The van der Waals surface area contributed by atoms with E-state index in [1.165, 1.54) is 4.31 Å². The number of nitrogens with zero attached hydrogens (tertiary/aromatic N) is 2. The van der Waals surface area contributed by atoms with Crippen LogP contribution in [0.3, 0.4) is 0 Å². The SMILES string of the molecule is COc1ccc(Oc2cccc3c2CCC3Oc2ccc(N3CC(=O)NS3=O)cc2)cn1. The Hall–Kier alpha value is -3.59. The molecule has 8 nitrogen and oxygen atoms in total. The van der Waals surface area contributed by atoms with Crippen molar-refractivity contribution >= 4 is 22.8 Å². The van der Waals surface area contributed by atoms with Crippen LogP contribution in [0.2, 0.25) is 0 Å². The summed E-state index contributed by atoms with van der Waals surface area (Å²) in [4.78, 5) is 15.6. The number of carbonyl (C=O) groups excluding carboxylic acids is 1. The molecule has 2 unspecified atom stereocenters. The molecule has 9 heteroatoms. The van der Waals surface area contributed by atoms with E-state index in [0.29, 0.717) is 23.1 Å². The minimum absolute atomic E-state index is 0.0787. The fourth-order valence-electron chi connectivity index (χ4n) is 3.89. The number of methoxy groups -OCH3 is 1. The number of fused-ring (bicyclic) bond motifs is 1. The predicted molar refractivity (Wildman–Crippen MR) is 119 cm³/mol. The first kappa shape index (κ1) is 20.3. The summed E-state index contributed by atoms with van der Waals surface area (Å²) in [6, 6.07) is 16.8. The second kappa shape index (κ2) is 8.51.